The lowest BCUT2D eigenvalue weighted by Gasteiger charge is -2.32. The van der Waals surface area contributed by atoms with Gasteiger partial charge in [-0.2, -0.15) is 0 Å². The zero-order valence-electron chi connectivity index (χ0n) is 15.6. The number of rotatable bonds is 6. The Hall–Kier alpha value is -2.24. The highest BCUT2D eigenvalue weighted by atomic mass is 35.5. The Bertz CT molecular complexity index is 778. The van der Waals surface area contributed by atoms with Crippen LogP contribution in [-0.4, -0.2) is 49.8 Å². The Balaban J connectivity index is 1.47. The molecule has 1 saturated heterocycles. The maximum Gasteiger partial charge on any atom is 0.260 e. The second-order valence-corrected chi connectivity index (χ2v) is 7.06. The van der Waals surface area contributed by atoms with Crippen molar-refractivity contribution in [1.29, 1.82) is 0 Å². The van der Waals surface area contributed by atoms with Gasteiger partial charge in [-0.1, -0.05) is 29.3 Å². The number of hydrogen-bond donors (Lipinski definition) is 0. The molecular formula is C21H24ClNO4. The molecule has 0 aromatic heterocycles. The summed E-state index contributed by atoms with van der Waals surface area (Å²) >= 11 is 6.03. The van der Waals surface area contributed by atoms with Crippen LogP contribution in [0, 0.1) is 13.8 Å². The minimum Gasteiger partial charge on any atom is -0.491 e. The summed E-state index contributed by atoms with van der Waals surface area (Å²) in [4.78, 5) is 14.2. The van der Waals surface area contributed by atoms with E-state index in [1.807, 2.05) is 56.3 Å². The zero-order valence-corrected chi connectivity index (χ0v) is 16.4. The SMILES string of the molecule is Cc1ccc(OCC(=O)N2CCO[C@H](COc3ccc(Cl)c(C)c3)C2)cc1. The lowest BCUT2D eigenvalue weighted by atomic mass is 10.2. The van der Waals surface area contributed by atoms with Crippen LogP contribution < -0.4 is 9.47 Å². The Labute approximate surface area is 164 Å². The number of carbonyl (C=O) groups is 1. The molecule has 5 nitrogen and oxygen atoms in total. The molecular weight excluding hydrogens is 366 g/mol. The summed E-state index contributed by atoms with van der Waals surface area (Å²) in [5.74, 6) is 1.39. The molecule has 1 fully saturated rings. The molecule has 1 aliphatic rings. The second-order valence-electron chi connectivity index (χ2n) is 6.66. The van der Waals surface area contributed by atoms with Crippen LogP contribution in [0.2, 0.25) is 5.02 Å². The van der Waals surface area contributed by atoms with Gasteiger partial charge >= 0.3 is 0 Å². The van der Waals surface area contributed by atoms with Crippen molar-refractivity contribution < 1.29 is 19.0 Å². The summed E-state index contributed by atoms with van der Waals surface area (Å²) in [7, 11) is 0. The monoisotopic (exact) mass is 389 g/mol. The van der Waals surface area contributed by atoms with Crippen LogP contribution in [-0.2, 0) is 9.53 Å². The lowest BCUT2D eigenvalue weighted by Crippen LogP contribution is -2.49. The van der Waals surface area contributed by atoms with Crippen molar-refractivity contribution in [3.05, 3.63) is 58.6 Å². The maximum absolute atomic E-state index is 12.4. The van der Waals surface area contributed by atoms with Gasteiger partial charge in [0, 0.05) is 11.6 Å². The molecule has 2 aromatic rings. The number of aryl methyl sites for hydroxylation is 2. The number of halogens is 1. The van der Waals surface area contributed by atoms with Crippen molar-refractivity contribution in [3.8, 4) is 11.5 Å². The summed E-state index contributed by atoms with van der Waals surface area (Å²) in [5, 5.41) is 0.710. The van der Waals surface area contributed by atoms with Crippen LogP contribution in [0.15, 0.2) is 42.5 Å². The summed E-state index contributed by atoms with van der Waals surface area (Å²) < 4.78 is 17.1. The van der Waals surface area contributed by atoms with E-state index in [4.69, 9.17) is 25.8 Å². The van der Waals surface area contributed by atoms with Gasteiger partial charge in [0.25, 0.3) is 5.91 Å². The van der Waals surface area contributed by atoms with Gasteiger partial charge in [-0.25, -0.2) is 0 Å². The second kappa shape index (κ2) is 9.11. The minimum absolute atomic E-state index is 0.0209. The number of amides is 1. The Morgan fingerprint density at radius 3 is 2.63 bits per heavy atom. The standard InChI is InChI=1S/C21H24ClNO4/c1-15-3-5-17(6-4-15)27-14-21(24)23-9-10-25-19(12-23)13-26-18-7-8-20(22)16(2)11-18/h3-8,11,19H,9-10,12-14H2,1-2H3/t19-/m0/s1. The fraction of sp³-hybridized carbons (Fsp3) is 0.381. The van der Waals surface area contributed by atoms with E-state index in [9.17, 15) is 4.79 Å². The van der Waals surface area contributed by atoms with E-state index in [1.165, 1.54) is 0 Å². The van der Waals surface area contributed by atoms with Crippen LogP contribution in [0.5, 0.6) is 11.5 Å². The van der Waals surface area contributed by atoms with Gasteiger partial charge < -0.3 is 19.1 Å². The Morgan fingerprint density at radius 1 is 1.15 bits per heavy atom. The highest BCUT2D eigenvalue weighted by molar-refractivity contribution is 6.31. The number of carbonyl (C=O) groups excluding carboxylic acids is 1. The summed E-state index contributed by atoms with van der Waals surface area (Å²) in [5.41, 5.74) is 2.12. The first kappa shape index (κ1) is 19.5. The van der Waals surface area contributed by atoms with Crippen molar-refractivity contribution in [2.24, 2.45) is 0 Å². The maximum atomic E-state index is 12.4. The van der Waals surface area contributed by atoms with Gasteiger partial charge in [0.05, 0.1) is 13.2 Å². The summed E-state index contributed by atoms with van der Waals surface area (Å²) in [6.45, 7) is 5.88. The molecule has 0 radical (unpaired) electrons. The molecule has 0 unspecified atom stereocenters. The molecule has 2 aromatic carbocycles. The van der Waals surface area contributed by atoms with E-state index in [0.29, 0.717) is 37.1 Å². The van der Waals surface area contributed by atoms with Crippen molar-refractivity contribution >= 4 is 17.5 Å². The normalized spacial score (nSPS) is 16.9. The van der Waals surface area contributed by atoms with Crippen molar-refractivity contribution in [3.63, 3.8) is 0 Å². The number of ether oxygens (including phenoxy) is 3. The molecule has 27 heavy (non-hydrogen) atoms. The van der Waals surface area contributed by atoms with Gasteiger partial charge in [0.2, 0.25) is 0 Å². The highest BCUT2D eigenvalue weighted by Crippen LogP contribution is 2.21. The van der Waals surface area contributed by atoms with Crippen LogP contribution in [0.1, 0.15) is 11.1 Å². The third kappa shape index (κ3) is 5.62. The quantitative estimate of drug-likeness (QED) is 0.756. The molecule has 1 heterocycles. The molecule has 0 N–H and O–H groups in total. The molecule has 1 atom stereocenters. The van der Waals surface area contributed by atoms with E-state index >= 15 is 0 Å². The van der Waals surface area contributed by atoms with E-state index in [1.54, 1.807) is 4.90 Å². The van der Waals surface area contributed by atoms with E-state index in [2.05, 4.69) is 0 Å². The average molecular weight is 390 g/mol. The molecule has 0 saturated carbocycles. The topological polar surface area (TPSA) is 48.0 Å². The highest BCUT2D eigenvalue weighted by Gasteiger charge is 2.25. The largest absolute Gasteiger partial charge is 0.491 e. The van der Waals surface area contributed by atoms with Crippen LogP contribution in [0.25, 0.3) is 0 Å². The molecule has 0 bridgehead atoms. The van der Waals surface area contributed by atoms with E-state index in [-0.39, 0.29) is 18.6 Å². The van der Waals surface area contributed by atoms with E-state index in [0.717, 1.165) is 16.9 Å². The molecule has 6 heteroatoms. The number of morpholine rings is 1. The Kier molecular flexibility index (Phi) is 6.58. The van der Waals surface area contributed by atoms with Gasteiger partial charge in [-0.15, -0.1) is 0 Å². The minimum atomic E-state index is -0.168. The summed E-state index contributed by atoms with van der Waals surface area (Å²) in [6.07, 6.45) is -0.168. The lowest BCUT2D eigenvalue weighted by molar-refractivity contribution is -0.142. The first-order chi connectivity index (χ1) is 13.0. The van der Waals surface area contributed by atoms with Gasteiger partial charge in [0.15, 0.2) is 6.61 Å². The molecule has 0 aliphatic carbocycles. The van der Waals surface area contributed by atoms with Crippen LogP contribution in [0.3, 0.4) is 0 Å². The molecule has 3 rings (SSSR count). The predicted molar refractivity (Wildman–Crippen MR) is 105 cm³/mol. The number of benzene rings is 2. The molecule has 1 amide bonds. The zero-order chi connectivity index (χ0) is 19.2. The van der Waals surface area contributed by atoms with Gasteiger partial charge in [-0.05, 0) is 49.7 Å². The van der Waals surface area contributed by atoms with Crippen molar-refractivity contribution in [1.82, 2.24) is 4.90 Å². The number of nitrogens with zero attached hydrogens (tertiary/aromatic N) is 1. The van der Waals surface area contributed by atoms with Crippen molar-refractivity contribution in [2.45, 2.75) is 20.0 Å². The molecule has 0 spiro atoms. The van der Waals surface area contributed by atoms with Crippen molar-refractivity contribution in [2.75, 3.05) is 32.9 Å². The van der Waals surface area contributed by atoms with Gasteiger partial charge in [0.1, 0.15) is 24.2 Å². The average Bonchev–Trinajstić information content (AvgIpc) is 2.68. The molecule has 144 valence electrons. The Morgan fingerprint density at radius 2 is 1.89 bits per heavy atom. The van der Waals surface area contributed by atoms with Crippen LogP contribution >= 0.6 is 11.6 Å². The molecule has 1 aliphatic heterocycles. The smallest absolute Gasteiger partial charge is 0.260 e. The fourth-order valence-corrected chi connectivity index (χ4v) is 2.93. The first-order valence-corrected chi connectivity index (χ1v) is 9.37. The number of hydrogen-bond acceptors (Lipinski definition) is 4. The fourth-order valence-electron chi connectivity index (χ4n) is 2.81. The summed E-state index contributed by atoms with van der Waals surface area (Å²) in [6, 6.07) is 13.2. The third-order valence-corrected chi connectivity index (χ3v) is 4.86. The van der Waals surface area contributed by atoms with Crippen LogP contribution in [0.4, 0.5) is 0 Å². The van der Waals surface area contributed by atoms with E-state index < -0.39 is 0 Å². The third-order valence-electron chi connectivity index (χ3n) is 4.44. The predicted octanol–water partition coefficient (Wildman–Crippen LogP) is 3.64. The van der Waals surface area contributed by atoms with Gasteiger partial charge in [-0.3, -0.25) is 4.79 Å². The first-order valence-electron chi connectivity index (χ1n) is 8.99.